The maximum atomic E-state index is 12.4. The number of fused-ring (bicyclic) bond motifs is 1. The van der Waals surface area contributed by atoms with E-state index in [9.17, 15) is 4.39 Å². The van der Waals surface area contributed by atoms with Gasteiger partial charge in [-0.2, -0.15) is 0 Å². The fourth-order valence-electron chi connectivity index (χ4n) is 0.809. The molecular formula is C7H4FO2. The predicted octanol–water partition coefficient (Wildman–Crippen LogP) is 1.35. The van der Waals surface area contributed by atoms with E-state index in [0.29, 0.717) is 11.5 Å². The number of halogens is 1. The number of ether oxygens (including phenoxy) is 2. The Morgan fingerprint density at radius 3 is 3.20 bits per heavy atom. The second-order valence-electron chi connectivity index (χ2n) is 1.91. The maximum Gasteiger partial charge on any atom is 0.231 e. The quantitative estimate of drug-likeness (QED) is 0.540. The first-order valence-electron chi connectivity index (χ1n) is 2.84. The van der Waals surface area contributed by atoms with Crippen LogP contribution in [-0.4, -0.2) is 6.79 Å². The summed E-state index contributed by atoms with van der Waals surface area (Å²) in [6, 6.07) is 5.18. The minimum atomic E-state index is -0.427. The smallest absolute Gasteiger partial charge is 0.231 e. The predicted molar refractivity (Wildman–Crippen MR) is 31.4 cm³/mol. The minimum absolute atomic E-state index is 0.162. The fourth-order valence-corrected chi connectivity index (χ4v) is 0.809. The maximum absolute atomic E-state index is 12.4. The number of rotatable bonds is 0. The summed E-state index contributed by atoms with van der Waals surface area (Å²) >= 11 is 0. The van der Waals surface area contributed by atoms with Gasteiger partial charge < -0.3 is 9.47 Å². The van der Waals surface area contributed by atoms with E-state index in [1.165, 1.54) is 12.1 Å². The molecular weight excluding hydrogens is 135 g/mol. The Kier molecular flexibility index (Phi) is 1.03. The zero-order chi connectivity index (χ0) is 6.97. The SMILES string of the molecule is Fc1[c]c2c(cc1)OCO2. The average molecular weight is 139 g/mol. The van der Waals surface area contributed by atoms with Crippen molar-refractivity contribution in [1.29, 1.82) is 0 Å². The van der Waals surface area contributed by atoms with Crippen LogP contribution in [-0.2, 0) is 0 Å². The lowest BCUT2D eigenvalue weighted by Gasteiger charge is -1.91. The van der Waals surface area contributed by atoms with Crippen molar-refractivity contribution in [3.63, 3.8) is 0 Å². The molecule has 0 aromatic heterocycles. The van der Waals surface area contributed by atoms with Gasteiger partial charge in [-0.05, 0) is 12.1 Å². The van der Waals surface area contributed by atoms with Crippen LogP contribution in [0.25, 0.3) is 0 Å². The Hall–Kier alpha value is -1.25. The van der Waals surface area contributed by atoms with Crippen LogP contribution in [0.4, 0.5) is 4.39 Å². The van der Waals surface area contributed by atoms with Crippen LogP contribution in [0.5, 0.6) is 11.5 Å². The first kappa shape index (κ1) is 5.53. The van der Waals surface area contributed by atoms with E-state index in [0.717, 1.165) is 0 Å². The summed E-state index contributed by atoms with van der Waals surface area (Å²) < 4.78 is 22.2. The molecule has 3 heteroatoms. The standard InChI is InChI=1S/C7H4FO2/c8-5-1-2-6-7(3-5)10-4-9-6/h1-2H,4H2. The molecule has 1 aromatic carbocycles. The van der Waals surface area contributed by atoms with E-state index in [1.54, 1.807) is 0 Å². The fraction of sp³-hybridized carbons (Fsp3) is 0.143. The largest absolute Gasteiger partial charge is 0.454 e. The van der Waals surface area contributed by atoms with Gasteiger partial charge in [0.1, 0.15) is 5.82 Å². The second-order valence-corrected chi connectivity index (χ2v) is 1.91. The Morgan fingerprint density at radius 1 is 1.40 bits per heavy atom. The van der Waals surface area contributed by atoms with Crippen molar-refractivity contribution in [2.45, 2.75) is 0 Å². The van der Waals surface area contributed by atoms with Crippen LogP contribution < -0.4 is 9.47 Å². The molecule has 0 spiro atoms. The van der Waals surface area contributed by atoms with Gasteiger partial charge in [0.15, 0.2) is 11.5 Å². The van der Waals surface area contributed by atoms with Crippen LogP contribution in [0.2, 0.25) is 0 Å². The molecule has 2 nitrogen and oxygen atoms in total. The van der Waals surface area contributed by atoms with Gasteiger partial charge in [-0.3, -0.25) is 0 Å². The zero-order valence-corrected chi connectivity index (χ0v) is 5.06. The lowest BCUT2D eigenvalue weighted by Crippen LogP contribution is -1.92. The lowest BCUT2D eigenvalue weighted by molar-refractivity contribution is 0.173. The van der Waals surface area contributed by atoms with Crippen molar-refractivity contribution in [3.8, 4) is 11.5 Å². The Labute approximate surface area is 57.2 Å². The van der Waals surface area contributed by atoms with E-state index in [-0.39, 0.29) is 6.79 Å². The topological polar surface area (TPSA) is 18.5 Å². The van der Waals surface area contributed by atoms with Gasteiger partial charge in [-0.1, -0.05) is 0 Å². The highest BCUT2D eigenvalue weighted by molar-refractivity contribution is 5.40. The van der Waals surface area contributed by atoms with Crippen molar-refractivity contribution in [2.24, 2.45) is 0 Å². The normalized spacial score (nSPS) is 13.7. The summed E-state index contributed by atoms with van der Waals surface area (Å²) in [6.07, 6.45) is 0. The molecule has 1 heterocycles. The van der Waals surface area contributed by atoms with Crippen LogP contribution in [0.3, 0.4) is 0 Å². The highest BCUT2D eigenvalue weighted by Crippen LogP contribution is 2.31. The molecule has 0 bridgehead atoms. The minimum Gasteiger partial charge on any atom is -0.454 e. The summed E-state index contributed by atoms with van der Waals surface area (Å²) in [7, 11) is 0. The first-order valence-corrected chi connectivity index (χ1v) is 2.84. The van der Waals surface area contributed by atoms with Gasteiger partial charge in [0.05, 0.1) is 6.07 Å². The average Bonchev–Trinajstić information content (AvgIpc) is 2.33. The third-order valence-electron chi connectivity index (χ3n) is 1.26. The highest BCUT2D eigenvalue weighted by Gasteiger charge is 2.13. The molecule has 0 aliphatic carbocycles. The number of hydrogen-bond donors (Lipinski definition) is 0. The first-order chi connectivity index (χ1) is 4.86. The van der Waals surface area contributed by atoms with E-state index in [2.05, 4.69) is 6.07 Å². The molecule has 2 rings (SSSR count). The van der Waals surface area contributed by atoms with Crippen molar-refractivity contribution in [2.75, 3.05) is 6.79 Å². The van der Waals surface area contributed by atoms with Gasteiger partial charge in [0.25, 0.3) is 0 Å². The lowest BCUT2D eigenvalue weighted by atomic mass is 10.3. The number of benzene rings is 1. The van der Waals surface area contributed by atoms with E-state index < -0.39 is 5.82 Å². The molecule has 51 valence electrons. The summed E-state index contributed by atoms with van der Waals surface area (Å²) in [6.45, 7) is 0.162. The molecule has 0 N–H and O–H groups in total. The third-order valence-corrected chi connectivity index (χ3v) is 1.26. The van der Waals surface area contributed by atoms with Gasteiger partial charge >= 0.3 is 0 Å². The Bertz CT molecular complexity index is 260. The summed E-state index contributed by atoms with van der Waals surface area (Å²) in [4.78, 5) is 0. The van der Waals surface area contributed by atoms with Crippen LogP contribution in [0.15, 0.2) is 12.1 Å². The summed E-state index contributed by atoms with van der Waals surface area (Å²) in [5, 5.41) is 0. The molecule has 0 atom stereocenters. The van der Waals surface area contributed by atoms with E-state index in [1.807, 2.05) is 0 Å². The van der Waals surface area contributed by atoms with Gasteiger partial charge in [-0.15, -0.1) is 0 Å². The molecule has 0 saturated carbocycles. The molecule has 1 aromatic rings. The molecule has 0 fully saturated rings. The molecule has 1 aliphatic heterocycles. The highest BCUT2D eigenvalue weighted by atomic mass is 19.1. The van der Waals surface area contributed by atoms with Crippen LogP contribution >= 0.6 is 0 Å². The van der Waals surface area contributed by atoms with E-state index >= 15 is 0 Å². The zero-order valence-electron chi connectivity index (χ0n) is 5.06. The molecule has 0 saturated heterocycles. The molecule has 1 aliphatic rings. The summed E-state index contributed by atoms with van der Waals surface area (Å²) in [5.41, 5.74) is 0. The van der Waals surface area contributed by atoms with E-state index in [4.69, 9.17) is 9.47 Å². The van der Waals surface area contributed by atoms with Crippen molar-refractivity contribution < 1.29 is 13.9 Å². The summed E-state index contributed by atoms with van der Waals surface area (Å²) in [5.74, 6) is 0.491. The third kappa shape index (κ3) is 0.708. The molecule has 0 amide bonds. The van der Waals surface area contributed by atoms with Gasteiger partial charge in [0.2, 0.25) is 6.79 Å². The van der Waals surface area contributed by atoms with Gasteiger partial charge in [0, 0.05) is 0 Å². The number of hydrogen-bond acceptors (Lipinski definition) is 2. The Balaban J connectivity index is 2.52. The van der Waals surface area contributed by atoms with Crippen molar-refractivity contribution in [3.05, 3.63) is 24.0 Å². The Morgan fingerprint density at radius 2 is 2.30 bits per heavy atom. The van der Waals surface area contributed by atoms with Crippen molar-refractivity contribution in [1.82, 2.24) is 0 Å². The van der Waals surface area contributed by atoms with Crippen molar-refractivity contribution >= 4 is 0 Å². The van der Waals surface area contributed by atoms with Gasteiger partial charge in [-0.25, -0.2) is 4.39 Å². The molecule has 10 heavy (non-hydrogen) atoms. The van der Waals surface area contributed by atoms with Crippen LogP contribution in [0.1, 0.15) is 0 Å². The van der Waals surface area contributed by atoms with Crippen LogP contribution in [0, 0.1) is 11.9 Å². The molecule has 0 unspecified atom stereocenters. The molecule has 1 radical (unpaired) electrons. The second kappa shape index (κ2) is 1.87. The monoisotopic (exact) mass is 139 g/mol.